The molecule has 4 heteroatoms. The second kappa shape index (κ2) is 7.02. The molecule has 0 saturated carbocycles. The Morgan fingerprint density at radius 1 is 0.789 bits per heavy atom. The standard InChI is InChI=1S/C15H30N4/c1-2-7-19(8-3-1)15-4-9-18(14-15)13-12-17-10-5-16-6-11-17/h15-16H,1-14H2. The lowest BCUT2D eigenvalue weighted by Gasteiger charge is -2.32. The molecule has 1 atom stereocenters. The monoisotopic (exact) mass is 266 g/mol. The van der Waals surface area contributed by atoms with Gasteiger partial charge < -0.3 is 10.2 Å². The van der Waals surface area contributed by atoms with Gasteiger partial charge in [-0.1, -0.05) is 6.42 Å². The van der Waals surface area contributed by atoms with Gasteiger partial charge in [0.1, 0.15) is 0 Å². The summed E-state index contributed by atoms with van der Waals surface area (Å²) >= 11 is 0. The van der Waals surface area contributed by atoms with Crippen molar-refractivity contribution in [2.24, 2.45) is 0 Å². The van der Waals surface area contributed by atoms with Crippen molar-refractivity contribution in [1.29, 1.82) is 0 Å². The van der Waals surface area contributed by atoms with E-state index in [1.54, 1.807) is 0 Å². The van der Waals surface area contributed by atoms with E-state index in [-0.39, 0.29) is 0 Å². The first-order valence-electron chi connectivity index (χ1n) is 8.31. The molecule has 0 spiro atoms. The molecule has 0 aliphatic carbocycles. The lowest BCUT2D eigenvalue weighted by molar-refractivity contribution is 0.155. The third kappa shape index (κ3) is 3.91. The third-order valence-corrected chi connectivity index (χ3v) is 5.10. The van der Waals surface area contributed by atoms with Crippen LogP contribution in [0.25, 0.3) is 0 Å². The Hall–Kier alpha value is -0.160. The number of nitrogens with zero attached hydrogens (tertiary/aromatic N) is 3. The van der Waals surface area contributed by atoms with Crippen LogP contribution < -0.4 is 5.32 Å². The zero-order chi connectivity index (χ0) is 12.9. The summed E-state index contributed by atoms with van der Waals surface area (Å²) in [7, 11) is 0. The van der Waals surface area contributed by atoms with E-state index in [1.807, 2.05) is 0 Å². The Kier molecular flexibility index (Phi) is 5.10. The molecule has 0 aromatic heterocycles. The van der Waals surface area contributed by atoms with Crippen molar-refractivity contribution in [3.8, 4) is 0 Å². The van der Waals surface area contributed by atoms with Gasteiger partial charge in [0.2, 0.25) is 0 Å². The summed E-state index contributed by atoms with van der Waals surface area (Å²) in [6.45, 7) is 12.8. The second-order valence-corrected chi connectivity index (χ2v) is 6.43. The molecule has 0 radical (unpaired) electrons. The number of piperidine rings is 1. The Morgan fingerprint density at radius 3 is 2.32 bits per heavy atom. The van der Waals surface area contributed by atoms with Gasteiger partial charge in [0.05, 0.1) is 0 Å². The number of hydrogen-bond donors (Lipinski definition) is 1. The molecule has 0 amide bonds. The van der Waals surface area contributed by atoms with Crippen molar-refractivity contribution >= 4 is 0 Å². The number of hydrogen-bond acceptors (Lipinski definition) is 4. The average molecular weight is 266 g/mol. The first kappa shape index (κ1) is 13.8. The summed E-state index contributed by atoms with van der Waals surface area (Å²) in [5, 5.41) is 3.43. The van der Waals surface area contributed by atoms with Crippen LogP contribution in [0.3, 0.4) is 0 Å². The van der Waals surface area contributed by atoms with Gasteiger partial charge >= 0.3 is 0 Å². The van der Waals surface area contributed by atoms with E-state index in [2.05, 4.69) is 20.0 Å². The predicted octanol–water partition coefficient (Wildman–Crippen LogP) is 0.452. The molecule has 0 aromatic rings. The highest BCUT2D eigenvalue weighted by Gasteiger charge is 2.28. The van der Waals surface area contributed by atoms with Crippen LogP contribution in [0.15, 0.2) is 0 Å². The van der Waals surface area contributed by atoms with Crippen molar-refractivity contribution in [2.45, 2.75) is 31.7 Å². The van der Waals surface area contributed by atoms with Gasteiger partial charge in [-0.25, -0.2) is 0 Å². The van der Waals surface area contributed by atoms with Crippen LogP contribution in [0, 0.1) is 0 Å². The molecule has 3 aliphatic heterocycles. The summed E-state index contributed by atoms with van der Waals surface area (Å²) in [4.78, 5) is 8.07. The van der Waals surface area contributed by atoms with Crippen molar-refractivity contribution in [3.05, 3.63) is 0 Å². The van der Waals surface area contributed by atoms with Crippen molar-refractivity contribution in [1.82, 2.24) is 20.0 Å². The molecule has 3 saturated heterocycles. The topological polar surface area (TPSA) is 21.8 Å². The summed E-state index contributed by atoms with van der Waals surface area (Å²) in [5.41, 5.74) is 0. The fraction of sp³-hybridized carbons (Fsp3) is 1.00. The maximum Gasteiger partial charge on any atom is 0.0235 e. The summed E-state index contributed by atoms with van der Waals surface area (Å²) in [6, 6.07) is 0.864. The first-order chi connectivity index (χ1) is 9.42. The highest BCUT2D eigenvalue weighted by molar-refractivity contribution is 4.85. The van der Waals surface area contributed by atoms with Gasteiger partial charge in [0, 0.05) is 51.9 Å². The van der Waals surface area contributed by atoms with Crippen LogP contribution in [0.4, 0.5) is 0 Å². The van der Waals surface area contributed by atoms with Crippen molar-refractivity contribution < 1.29 is 0 Å². The van der Waals surface area contributed by atoms with Gasteiger partial charge in [0.25, 0.3) is 0 Å². The molecule has 0 bridgehead atoms. The van der Waals surface area contributed by atoms with E-state index < -0.39 is 0 Å². The van der Waals surface area contributed by atoms with Crippen molar-refractivity contribution in [2.75, 3.05) is 65.4 Å². The number of piperazine rings is 1. The van der Waals surface area contributed by atoms with Crippen LogP contribution in [-0.2, 0) is 0 Å². The highest BCUT2D eigenvalue weighted by Crippen LogP contribution is 2.19. The molecular formula is C15H30N4. The molecule has 3 heterocycles. The maximum absolute atomic E-state index is 3.43. The first-order valence-corrected chi connectivity index (χ1v) is 8.31. The lowest BCUT2D eigenvalue weighted by Crippen LogP contribution is -2.46. The molecule has 110 valence electrons. The predicted molar refractivity (Wildman–Crippen MR) is 79.6 cm³/mol. The number of rotatable bonds is 4. The van der Waals surface area contributed by atoms with Crippen LogP contribution in [0.2, 0.25) is 0 Å². The zero-order valence-electron chi connectivity index (χ0n) is 12.3. The molecule has 0 aromatic carbocycles. The Balaban J connectivity index is 1.36. The third-order valence-electron chi connectivity index (χ3n) is 5.10. The number of likely N-dealkylation sites (tertiary alicyclic amines) is 2. The van der Waals surface area contributed by atoms with E-state index in [9.17, 15) is 0 Å². The van der Waals surface area contributed by atoms with E-state index in [0.29, 0.717) is 0 Å². The molecule has 3 fully saturated rings. The van der Waals surface area contributed by atoms with Crippen LogP contribution in [0.1, 0.15) is 25.7 Å². The fourth-order valence-corrected chi connectivity index (χ4v) is 3.81. The highest BCUT2D eigenvalue weighted by atomic mass is 15.3. The van der Waals surface area contributed by atoms with E-state index >= 15 is 0 Å². The fourth-order valence-electron chi connectivity index (χ4n) is 3.81. The Labute approximate surface area is 118 Å². The molecule has 4 nitrogen and oxygen atoms in total. The minimum atomic E-state index is 0.864. The van der Waals surface area contributed by atoms with E-state index in [4.69, 9.17) is 0 Å². The molecule has 3 rings (SSSR count). The van der Waals surface area contributed by atoms with Gasteiger partial charge in [-0.05, 0) is 38.9 Å². The van der Waals surface area contributed by atoms with Crippen LogP contribution in [-0.4, -0.2) is 86.2 Å². The van der Waals surface area contributed by atoms with Gasteiger partial charge in [-0.3, -0.25) is 9.80 Å². The maximum atomic E-state index is 3.43. The smallest absolute Gasteiger partial charge is 0.0235 e. The largest absolute Gasteiger partial charge is 0.314 e. The van der Waals surface area contributed by atoms with Crippen LogP contribution in [0.5, 0.6) is 0 Å². The second-order valence-electron chi connectivity index (χ2n) is 6.43. The Bertz CT molecular complexity index is 259. The zero-order valence-corrected chi connectivity index (χ0v) is 12.3. The molecular weight excluding hydrogens is 236 g/mol. The molecule has 1 N–H and O–H groups in total. The summed E-state index contributed by atoms with van der Waals surface area (Å²) in [6.07, 6.45) is 5.71. The average Bonchev–Trinajstić information content (AvgIpc) is 2.96. The summed E-state index contributed by atoms with van der Waals surface area (Å²) < 4.78 is 0. The molecule has 3 aliphatic rings. The van der Waals surface area contributed by atoms with E-state index in [0.717, 1.165) is 6.04 Å². The SMILES string of the molecule is C1CCN(C2CCN(CCN3CCNCC3)C2)CC1. The van der Waals surface area contributed by atoms with Crippen molar-refractivity contribution in [3.63, 3.8) is 0 Å². The van der Waals surface area contributed by atoms with Gasteiger partial charge in [0.15, 0.2) is 0 Å². The van der Waals surface area contributed by atoms with E-state index in [1.165, 1.54) is 91.1 Å². The minimum Gasteiger partial charge on any atom is -0.314 e. The molecule has 1 unspecified atom stereocenters. The van der Waals surface area contributed by atoms with Gasteiger partial charge in [-0.2, -0.15) is 0 Å². The lowest BCUT2D eigenvalue weighted by atomic mass is 10.1. The minimum absolute atomic E-state index is 0.864. The quantitative estimate of drug-likeness (QED) is 0.797. The Morgan fingerprint density at radius 2 is 1.53 bits per heavy atom. The van der Waals surface area contributed by atoms with Gasteiger partial charge in [-0.15, -0.1) is 0 Å². The number of nitrogens with one attached hydrogen (secondary N) is 1. The normalized spacial score (nSPS) is 31.9. The summed E-state index contributed by atoms with van der Waals surface area (Å²) in [5.74, 6) is 0. The van der Waals surface area contributed by atoms with Crippen LogP contribution >= 0.6 is 0 Å². The molecule has 19 heavy (non-hydrogen) atoms.